The van der Waals surface area contributed by atoms with Gasteiger partial charge in [0.2, 0.25) is 0 Å². The van der Waals surface area contributed by atoms with E-state index in [1.165, 1.54) is 15.6 Å². The lowest BCUT2D eigenvalue weighted by atomic mass is 10.1. The van der Waals surface area contributed by atoms with Crippen LogP contribution in [0.15, 0.2) is 29.6 Å². The molecule has 0 unspecified atom stereocenters. The number of rotatable bonds is 5. The fourth-order valence-corrected chi connectivity index (χ4v) is 2.77. The van der Waals surface area contributed by atoms with Crippen LogP contribution in [-0.4, -0.2) is 25.2 Å². The summed E-state index contributed by atoms with van der Waals surface area (Å²) in [5.41, 5.74) is 4.10. The van der Waals surface area contributed by atoms with Crippen molar-refractivity contribution in [3.63, 3.8) is 0 Å². The molecule has 0 aliphatic carbocycles. The number of likely N-dealkylation sites (N-methyl/N-ethyl adjacent to an activating group) is 1. The second-order valence-electron chi connectivity index (χ2n) is 3.95. The zero-order valence-electron chi connectivity index (χ0n) is 9.44. The summed E-state index contributed by atoms with van der Waals surface area (Å²) in [5.74, 6) is 5.28. The van der Waals surface area contributed by atoms with E-state index in [1.54, 1.807) is 0 Å². The van der Waals surface area contributed by atoms with Gasteiger partial charge in [-0.3, -0.25) is 10.7 Å². The van der Waals surface area contributed by atoms with Gasteiger partial charge in [0.1, 0.15) is 0 Å². The second kappa shape index (κ2) is 5.41. The normalized spacial score (nSPS) is 11.4. The van der Waals surface area contributed by atoms with Gasteiger partial charge in [-0.1, -0.05) is 18.2 Å². The first kappa shape index (κ1) is 11.5. The number of nitrogens with zero attached hydrogens (tertiary/aromatic N) is 1. The molecule has 3 nitrogen and oxygen atoms in total. The molecule has 1 heterocycles. The highest BCUT2D eigenvalue weighted by Gasteiger charge is 2.04. The van der Waals surface area contributed by atoms with E-state index in [2.05, 4.69) is 47.0 Å². The molecule has 1 aromatic heterocycles. The van der Waals surface area contributed by atoms with Crippen molar-refractivity contribution < 1.29 is 0 Å². The minimum Gasteiger partial charge on any atom is -0.292 e. The standard InChI is InChI=1S/C12H17N3S/c1-15(9-14-13)7-6-10-8-16-12-5-3-2-4-11(10)12/h2-5,8,14H,6-7,9,13H2,1H3. The summed E-state index contributed by atoms with van der Waals surface area (Å²) < 4.78 is 1.37. The van der Waals surface area contributed by atoms with Gasteiger partial charge < -0.3 is 0 Å². The average Bonchev–Trinajstić information content (AvgIpc) is 2.70. The summed E-state index contributed by atoms with van der Waals surface area (Å²) in [7, 11) is 2.06. The molecule has 16 heavy (non-hydrogen) atoms. The molecular weight excluding hydrogens is 218 g/mol. The van der Waals surface area contributed by atoms with E-state index in [0.29, 0.717) is 0 Å². The summed E-state index contributed by atoms with van der Waals surface area (Å²) in [6, 6.07) is 8.56. The third-order valence-corrected chi connectivity index (χ3v) is 3.70. The number of thiophene rings is 1. The van der Waals surface area contributed by atoms with Gasteiger partial charge in [-0.05, 0) is 35.9 Å². The van der Waals surface area contributed by atoms with Crippen LogP contribution in [0.5, 0.6) is 0 Å². The Labute approximate surface area is 99.8 Å². The van der Waals surface area contributed by atoms with Crippen molar-refractivity contribution in [3.8, 4) is 0 Å². The topological polar surface area (TPSA) is 41.3 Å². The molecule has 0 atom stereocenters. The third-order valence-electron chi connectivity index (χ3n) is 2.69. The molecule has 2 aromatic rings. The third kappa shape index (κ3) is 2.59. The predicted octanol–water partition coefficient (Wildman–Crippen LogP) is 1.80. The van der Waals surface area contributed by atoms with Crippen molar-refractivity contribution in [1.29, 1.82) is 0 Å². The number of fused-ring (bicyclic) bond motifs is 1. The first-order valence-electron chi connectivity index (χ1n) is 5.38. The number of hydrogen-bond acceptors (Lipinski definition) is 4. The first-order valence-corrected chi connectivity index (χ1v) is 6.26. The Balaban J connectivity index is 2.04. The number of nitrogens with one attached hydrogen (secondary N) is 1. The molecule has 0 saturated heterocycles. The lowest BCUT2D eigenvalue weighted by molar-refractivity contribution is 0.313. The lowest BCUT2D eigenvalue weighted by Gasteiger charge is -2.14. The Bertz CT molecular complexity index is 452. The minimum atomic E-state index is 0.724. The van der Waals surface area contributed by atoms with Gasteiger partial charge in [-0.25, -0.2) is 5.43 Å². The Morgan fingerprint density at radius 1 is 1.38 bits per heavy atom. The van der Waals surface area contributed by atoms with Crippen LogP contribution in [0.3, 0.4) is 0 Å². The highest BCUT2D eigenvalue weighted by atomic mass is 32.1. The molecule has 1 aromatic carbocycles. The maximum Gasteiger partial charge on any atom is 0.0610 e. The van der Waals surface area contributed by atoms with E-state index in [-0.39, 0.29) is 0 Å². The average molecular weight is 235 g/mol. The molecule has 0 radical (unpaired) electrons. The molecule has 0 fully saturated rings. The van der Waals surface area contributed by atoms with Crippen LogP contribution < -0.4 is 11.3 Å². The first-order chi connectivity index (χ1) is 7.81. The highest BCUT2D eigenvalue weighted by Crippen LogP contribution is 2.25. The Morgan fingerprint density at radius 3 is 3.00 bits per heavy atom. The summed E-state index contributed by atoms with van der Waals surface area (Å²) in [4.78, 5) is 2.17. The summed E-state index contributed by atoms with van der Waals surface area (Å²) in [5, 5.41) is 3.65. The van der Waals surface area contributed by atoms with Crippen molar-refractivity contribution in [2.45, 2.75) is 6.42 Å². The molecule has 0 bridgehead atoms. The zero-order chi connectivity index (χ0) is 11.4. The van der Waals surface area contributed by atoms with Gasteiger partial charge in [-0.2, -0.15) is 0 Å². The molecule has 86 valence electrons. The fraction of sp³-hybridized carbons (Fsp3) is 0.333. The van der Waals surface area contributed by atoms with Gasteiger partial charge >= 0.3 is 0 Å². The van der Waals surface area contributed by atoms with Gasteiger partial charge in [-0.15, -0.1) is 11.3 Å². The Morgan fingerprint density at radius 2 is 2.19 bits per heavy atom. The predicted molar refractivity (Wildman–Crippen MR) is 70.3 cm³/mol. The largest absolute Gasteiger partial charge is 0.292 e. The number of nitrogens with two attached hydrogens (primary N) is 1. The van der Waals surface area contributed by atoms with E-state index >= 15 is 0 Å². The molecule has 0 saturated carbocycles. The molecule has 0 amide bonds. The van der Waals surface area contributed by atoms with Crippen LogP contribution in [0.1, 0.15) is 5.56 Å². The maximum absolute atomic E-state index is 5.28. The summed E-state index contributed by atoms with van der Waals surface area (Å²) >= 11 is 1.82. The van der Waals surface area contributed by atoms with E-state index < -0.39 is 0 Å². The number of hydrazine groups is 1. The van der Waals surface area contributed by atoms with E-state index in [9.17, 15) is 0 Å². The van der Waals surface area contributed by atoms with E-state index in [4.69, 9.17) is 5.84 Å². The van der Waals surface area contributed by atoms with Crippen molar-refractivity contribution >= 4 is 21.4 Å². The van der Waals surface area contributed by atoms with Crippen molar-refractivity contribution in [3.05, 3.63) is 35.2 Å². The minimum absolute atomic E-state index is 0.724. The SMILES string of the molecule is CN(CCc1csc2ccccc12)CNN. The van der Waals surface area contributed by atoms with Crippen LogP contribution in [0, 0.1) is 0 Å². The summed E-state index contributed by atoms with van der Waals surface area (Å²) in [6.07, 6.45) is 1.07. The molecular formula is C12H17N3S. The van der Waals surface area contributed by atoms with Crippen LogP contribution in [0.25, 0.3) is 10.1 Å². The highest BCUT2D eigenvalue weighted by molar-refractivity contribution is 7.17. The van der Waals surface area contributed by atoms with Crippen LogP contribution in [0.2, 0.25) is 0 Å². The number of hydrogen-bond donors (Lipinski definition) is 2. The second-order valence-corrected chi connectivity index (χ2v) is 4.86. The van der Waals surface area contributed by atoms with Crippen LogP contribution in [0.4, 0.5) is 0 Å². The molecule has 2 rings (SSSR count). The fourth-order valence-electron chi connectivity index (χ4n) is 1.77. The molecule has 4 heteroatoms. The van der Waals surface area contributed by atoms with Crippen LogP contribution >= 0.6 is 11.3 Å². The Kier molecular flexibility index (Phi) is 3.90. The zero-order valence-corrected chi connectivity index (χ0v) is 10.3. The molecule has 0 aliphatic heterocycles. The quantitative estimate of drug-likeness (QED) is 0.472. The van der Waals surface area contributed by atoms with E-state index in [1.807, 2.05) is 11.3 Å². The smallest absolute Gasteiger partial charge is 0.0610 e. The van der Waals surface area contributed by atoms with Crippen LogP contribution in [-0.2, 0) is 6.42 Å². The van der Waals surface area contributed by atoms with Crippen molar-refractivity contribution in [2.24, 2.45) is 5.84 Å². The summed E-state index contributed by atoms with van der Waals surface area (Å²) in [6.45, 7) is 1.74. The van der Waals surface area contributed by atoms with Gasteiger partial charge in [0.25, 0.3) is 0 Å². The maximum atomic E-state index is 5.28. The van der Waals surface area contributed by atoms with Crippen molar-refractivity contribution in [2.75, 3.05) is 20.3 Å². The molecule has 0 aliphatic rings. The van der Waals surface area contributed by atoms with Crippen molar-refractivity contribution in [1.82, 2.24) is 10.3 Å². The Hall–Kier alpha value is -0.940. The monoisotopic (exact) mass is 235 g/mol. The lowest BCUT2D eigenvalue weighted by Crippen LogP contribution is -2.36. The number of benzene rings is 1. The van der Waals surface area contributed by atoms with Gasteiger partial charge in [0.15, 0.2) is 0 Å². The molecule has 3 N–H and O–H groups in total. The van der Waals surface area contributed by atoms with E-state index in [0.717, 1.165) is 19.6 Å². The molecule has 0 spiro atoms. The van der Waals surface area contributed by atoms with Gasteiger partial charge in [0, 0.05) is 11.2 Å². The van der Waals surface area contributed by atoms with Gasteiger partial charge in [0.05, 0.1) is 6.67 Å².